The van der Waals surface area contributed by atoms with Gasteiger partial charge >= 0.3 is 0 Å². The van der Waals surface area contributed by atoms with E-state index in [0.717, 1.165) is 32.3 Å². The highest BCUT2D eigenvalue weighted by molar-refractivity contribution is 7.45. The molecule has 1 saturated carbocycles. The van der Waals surface area contributed by atoms with Gasteiger partial charge in [0.05, 0.1) is 33.9 Å². The molecule has 1 aliphatic rings. The van der Waals surface area contributed by atoms with Crippen molar-refractivity contribution in [2.24, 2.45) is 5.92 Å². The quantitative estimate of drug-likeness (QED) is 0.152. The lowest BCUT2D eigenvalue weighted by Gasteiger charge is -2.28. The highest BCUT2D eigenvalue weighted by Crippen LogP contribution is 2.40. The van der Waals surface area contributed by atoms with Crippen molar-refractivity contribution < 1.29 is 27.7 Å². The SMILES string of the molecule is CCCCCCCCCCCCO[C@@H]1CCC[C@H]1COP(=O)([O-])OCC[N+](C)(C)C. The van der Waals surface area contributed by atoms with Gasteiger partial charge in [0.1, 0.15) is 13.2 Å². The minimum Gasteiger partial charge on any atom is -0.756 e. The van der Waals surface area contributed by atoms with Gasteiger partial charge in [-0.2, -0.15) is 0 Å². The van der Waals surface area contributed by atoms with Gasteiger partial charge in [-0.3, -0.25) is 4.57 Å². The molecular weight excluding hydrogens is 401 g/mol. The molecule has 0 aromatic rings. The third-order valence-electron chi connectivity index (χ3n) is 5.88. The smallest absolute Gasteiger partial charge is 0.268 e. The number of hydrogen-bond donors (Lipinski definition) is 0. The number of phosphoric ester groups is 1. The van der Waals surface area contributed by atoms with E-state index in [2.05, 4.69) is 6.92 Å². The molecule has 1 fully saturated rings. The van der Waals surface area contributed by atoms with Crippen LogP contribution in [0.15, 0.2) is 0 Å². The van der Waals surface area contributed by atoms with Gasteiger partial charge < -0.3 is 23.2 Å². The van der Waals surface area contributed by atoms with E-state index in [4.69, 9.17) is 13.8 Å². The molecule has 3 atom stereocenters. The molecule has 0 N–H and O–H groups in total. The number of nitrogens with zero attached hydrogens (tertiary/aromatic N) is 1. The van der Waals surface area contributed by atoms with E-state index in [1.807, 2.05) is 21.1 Å². The summed E-state index contributed by atoms with van der Waals surface area (Å²) in [4.78, 5) is 12.0. The molecule has 6 nitrogen and oxygen atoms in total. The summed E-state index contributed by atoms with van der Waals surface area (Å²) in [6.07, 6.45) is 16.3. The lowest BCUT2D eigenvalue weighted by atomic mass is 10.1. The first-order chi connectivity index (χ1) is 14.2. The molecule has 0 heterocycles. The molecule has 0 aromatic carbocycles. The minimum atomic E-state index is -4.23. The van der Waals surface area contributed by atoms with E-state index < -0.39 is 7.82 Å². The van der Waals surface area contributed by atoms with Crippen molar-refractivity contribution >= 4 is 7.82 Å². The summed E-state index contributed by atoms with van der Waals surface area (Å²) in [5, 5.41) is 0. The zero-order valence-electron chi connectivity index (χ0n) is 20.1. The first kappa shape index (κ1) is 28.1. The van der Waals surface area contributed by atoms with E-state index >= 15 is 0 Å². The molecule has 1 unspecified atom stereocenters. The number of ether oxygens (including phenoxy) is 1. The highest BCUT2D eigenvalue weighted by atomic mass is 31.2. The van der Waals surface area contributed by atoms with Crippen LogP contribution in [0.1, 0.15) is 90.4 Å². The Labute approximate surface area is 185 Å². The maximum atomic E-state index is 12.0. The average molecular weight is 450 g/mol. The van der Waals surface area contributed by atoms with E-state index in [1.54, 1.807) is 0 Å². The number of phosphoric acid groups is 1. The normalized spacial score (nSPS) is 21.8. The summed E-state index contributed by atoms with van der Waals surface area (Å²) in [5.74, 6) is 0.150. The van der Waals surface area contributed by atoms with Crippen molar-refractivity contribution in [1.82, 2.24) is 0 Å². The number of quaternary nitrogens is 1. The zero-order chi connectivity index (χ0) is 22.3. The zero-order valence-corrected chi connectivity index (χ0v) is 21.0. The number of hydrogen-bond acceptors (Lipinski definition) is 5. The molecule has 7 heteroatoms. The molecule has 1 aliphatic carbocycles. The largest absolute Gasteiger partial charge is 0.756 e. The van der Waals surface area contributed by atoms with Gasteiger partial charge in [-0.15, -0.1) is 0 Å². The molecule has 0 spiro atoms. The molecular formula is C23H48NO5P. The number of unbranched alkanes of at least 4 members (excludes halogenated alkanes) is 9. The molecule has 0 aromatic heterocycles. The van der Waals surface area contributed by atoms with E-state index in [0.29, 0.717) is 11.0 Å². The molecule has 0 amide bonds. The first-order valence-corrected chi connectivity index (χ1v) is 13.7. The van der Waals surface area contributed by atoms with Crippen molar-refractivity contribution in [3.05, 3.63) is 0 Å². The first-order valence-electron chi connectivity index (χ1n) is 12.3. The molecule has 0 radical (unpaired) electrons. The van der Waals surface area contributed by atoms with Gasteiger partial charge in [0.25, 0.3) is 7.82 Å². The van der Waals surface area contributed by atoms with Crippen LogP contribution in [0.25, 0.3) is 0 Å². The van der Waals surface area contributed by atoms with Crippen molar-refractivity contribution in [2.75, 3.05) is 47.5 Å². The topological polar surface area (TPSA) is 67.8 Å². The Bertz CT molecular complexity index is 469. The number of rotatable bonds is 19. The lowest BCUT2D eigenvalue weighted by Crippen LogP contribution is -2.37. The maximum absolute atomic E-state index is 12.0. The molecule has 0 saturated heterocycles. The lowest BCUT2D eigenvalue weighted by molar-refractivity contribution is -0.870. The Balaban J connectivity index is 2.07. The average Bonchev–Trinajstić information content (AvgIpc) is 3.11. The third-order valence-corrected chi connectivity index (χ3v) is 6.84. The minimum absolute atomic E-state index is 0.120. The van der Waals surface area contributed by atoms with E-state index in [1.165, 1.54) is 57.8 Å². The Hall–Kier alpha value is 0.0300. The summed E-state index contributed by atoms with van der Waals surface area (Å²) in [6.45, 7) is 3.96. The summed E-state index contributed by atoms with van der Waals surface area (Å²) in [6, 6.07) is 0. The van der Waals surface area contributed by atoms with Gasteiger partial charge in [-0.1, -0.05) is 71.1 Å². The Morgan fingerprint density at radius 3 is 2.07 bits per heavy atom. The van der Waals surface area contributed by atoms with Crippen LogP contribution in [-0.4, -0.2) is 58.1 Å². The standard InChI is InChI=1S/C23H48NO5P/c1-5-6-7-8-9-10-11-12-13-14-19-27-23-17-15-16-22(23)21-29-30(25,26)28-20-18-24(2,3)4/h22-23H,5-21H2,1-4H3/t22-,23+/m0/s1. The second-order valence-corrected chi connectivity index (χ2v) is 11.3. The van der Waals surface area contributed by atoms with Crippen LogP contribution in [0, 0.1) is 5.92 Å². The second-order valence-electron chi connectivity index (χ2n) is 9.87. The van der Waals surface area contributed by atoms with Gasteiger partial charge in [0.15, 0.2) is 0 Å². The fraction of sp³-hybridized carbons (Fsp3) is 1.00. The molecule has 180 valence electrons. The van der Waals surface area contributed by atoms with Crippen LogP contribution in [0.2, 0.25) is 0 Å². The summed E-state index contributed by atoms with van der Waals surface area (Å²) in [7, 11) is 1.76. The number of likely N-dealkylation sites (N-methyl/N-ethyl adjacent to an activating group) is 1. The van der Waals surface area contributed by atoms with Crippen LogP contribution < -0.4 is 4.89 Å². The predicted molar refractivity (Wildman–Crippen MR) is 121 cm³/mol. The summed E-state index contributed by atoms with van der Waals surface area (Å²) in [5.41, 5.74) is 0. The predicted octanol–water partition coefficient (Wildman–Crippen LogP) is 5.30. The Kier molecular flexibility index (Phi) is 14.8. The third kappa shape index (κ3) is 14.9. The van der Waals surface area contributed by atoms with Crippen LogP contribution in [0.4, 0.5) is 0 Å². The van der Waals surface area contributed by atoms with Crippen molar-refractivity contribution in [3.8, 4) is 0 Å². The van der Waals surface area contributed by atoms with Gasteiger partial charge in [-0.05, 0) is 19.3 Å². The van der Waals surface area contributed by atoms with Crippen molar-refractivity contribution in [2.45, 2.75) is 96.5 Å². The molecule has 30 heavy (non-hydrogen) atoms. The fourth-order valence-corrected chi connectivity index (χ4v) is 4.64. The van der Waals surface area contributed by atoms with Crippen molar-refractivity contribution in [1.29, 1.82) is 0 Å². The summed E-state index contributed by atoms with van der Waals surface area (Å²) < 4.78 is 28.8. The highest BCUT2D eigenvalue weighted by Gasteiger charge is 2.29. The van der Waals surface area contributed by atoms with Crippen molar-refractivity contribution in [3.63, 3.8) is 0 Å². The van der Waals surface area contributed by atoms with E-state index in [9.17, 15) is 9.46 Å². The fourth-order valence-electron chi connectivity index (χ4n) is 3.89. The summed E-state index contributed by atoms with van der Waals surface area (Å²) >= 11 is 0. The molecule has 0 aliphatic heterocycles. The molecule has 1 rings (SSSR count). The van der Waals surface area contributed by atoms with Gasteiger partial charge in [0.2, 0.25) is 0 Å². The Morgan fingerprint density at radius 1 is 0.867 bits per heavy atom. The van der Waals surface area contributed by atoms with Crippen LogP contribution in [-0.2, 0) is 18.3 Å². The monoisotopic (exact) mass is 449 g/mol. The Morgan fingerprint density at radius 2 is 1.47 bits per heavy atom. The van der Waals surface area contributed by atoms with Crippen LogP contribution in [0.5, 0.6) is 0 Å². The van der Waals surface area contributed by atoms with Crippen LogP contribution >= 0.6 is 7.82 Å². The molecule has 0 bridgehead atoms. The van der Waals surface area contributed by atoms with Gasteiger partial charge in [-0.25, -0.2) is 0 Å². The maximum Gasteiger partial charge on any atom is 0.268 e. The van der Waals surface area contributed by atoms with Gasteiger partial charge in [0, 0.05) is 12.5 Å². The van der Waals surface area contributed by atoms with E-state index in [-0.39, 0.29) is 25.2 Å². The van der Waals surface area contributed by atoms with Crippen LogP contribution in [0.3, 0.4) is 0 Å². The second kappa shape index (κ2) is 15.8.